The van der Waals surface area contributed by atoms with E-state index in [4.69, 9.17) is 0 Å². The van der Waals surface area contributed by atoms with E-state index in [0.717, 1.165) is 11.9 Å². The number of nitrogens with zero attached hydrogens (tertiary/aromatic N) is 4. The zero-order valence-electron chi connectivity index (χ0n) is 14.3. The lowest BCUT2D eigenvalue weighted by Gasteiger charge is -2.39. The standard InChI is InChI=1S/C18H30N4/c1-4-21-12-8-16(9-13-21)22-11-5-6-17(22)15-7-10-19-18(14-15)20(2)3/h7,10,14,16-17H,4-6,8-9,11-13H2,1-3H3/t17-/m1/s1. The molecular formula is C18H30N4. The van der Waals surface area contributed by atoms with Crippen molar-refractivity contribution in [2.75, 3.05) is 45.2 Å². The molecule has 1 aromatic rings. The van der Waals surface area contributed by atoms with Crippen LogP contribution < -0.4 is 4.90 Å². The average molecular weight is 302 g/mol. The number of pyridine rings is 1. The van der Waals surface area contributed by atoms with E-state index in [9.17, 15) is 0 Å². The maximum atomic E-state index is 4.47. The highest BCUT2D eigenvalue weighted by Crippen LogP contribution is 2.36. The minimum absolute atomic E-state index is 0.597. The fourth-order valence-electron chi connectivity index (χ4n) is 4.04. The van der Waals surface area contributed by atoms with Crippen LogP contribution in [0.4, 0.5) is 5.82 Å². The van der Waals surface area contributed by atoms with Crippen LogP contribution in [0.2, 0.25) is 0 Å². The molecule has 122 valence electrons. The first-order valence-corrected chi connectivity index (χ1v) is 8.80. The summed E-state index contributed by atoms with van der Waals surface area (Å²) in [5, 5.41) is 0. The van der Waals surface area contributed by atoms with Crippen molar-refractivity contribution in [1.29, 1.82) is 0 Å². The molecule has 2 aliphatic rings. The molecule has 22 heavy (non-hydrogen) atoms. The Bertz CT molecular complexity index is 480. The topological polar surface area (TPSA) is 22.6 Å². The molecular weight excluding hydrogens is 272 g/mol. The predicted octanol–water partition coefficient (Wildman–Crippen LogP) is 2.77. The molecule has 3 heterocycles. The van der Waals surface area contributed by atoms with Gasteiger partial charge in [0.25, 0.3) is 0 Å². The van der Waals surface area contributed by atoms with E-state index in [0.29, 0.717) is 6.04 Å². The fourth-order valence-corrected chi connectivity index (χ4v) is 4.04. The zero-order valence-corrected chi connectivity index (χ0v) is 14.3. The number of piperidine rings is 1. The lowest BCUT2D eigenvalue weighted by atomic mass is 9.99. The summed E-state index contributed by atoms with van der Waals surface area (Å²) < 4.78 is 0. The van der Waals surface area contributed by atoms with Crippen molar-refractivity contribution in [2.45, 2.75) is 44.7 Å². The predicted molar refractivity (Wildman–Crippen MR) is 92.4 cm³/mol. The zero-order chi connectivity index (χ0) is 15.5. The summed E-state index contributed by atoms with van der Waals surface area (Å²) >= 11 is 0. The normalized spacial score (nSPS) is 24.8. The summed E-state index contributed by atoms with van der Waals surface area (Å²) in [4.78, 5) is 11.9. The monoisotopic (exact) mass is 302 g/mol. The van der Waals surface area contributed by atoms with E-state index < -0.39 is 0 Å². The molecule has 3 rings (SSSR count). The molecule has 4 nitrogen and oxygen atoms in total. The van der Waals surface area contributed by atoms with E-state index in [1.165, 1.54) is 57.4 Å². The number of hydrogen-bond donors (Lipinski definition) is 0. The quantitative estimate of drug-likeness (QED) is 0.853. The third-order valence-corrected chi connectivity index (χ3v) is 5.38. The molecule has 0 radical (unpaired) electrons. The van der Waals surface area contributed by atoms with Gasteiger partial charge in [-0.25, -0.2) is 4.98 Å². The minimum Gasteiger partial charge on any atom is -0.363 e. The summed E-state index contributed by atoms with van der Waals surface area (Å²) in [6.07, 6.45) is 7.26. The van der Waals surface area contributed by atoms with Crippen LogP contribution in [0.25, 0.3) is 0 Å². The van der Waals surface area contributed by atoms with Gasteiger partial charge >= 0.3 is 0 Å². The molecule has 2 saturated heterocycles. The van der Waals surface area contributed by atoms with Crippen molar-refractivity contribution in [3.05, 3.63) is 23.9 Å². The van der Waals surface area contributed by atoms with Gasteiger partial charge in [-0.15, -0.1) is 0 Å². The first-order chi connectivity index (χ1) is 10.7. The molecule has 0 aliphatic carbocycles. The Morgan fingerprint density at radius 2 is 1.95 bits per heavy atom. The maximum absolute atomic E-state index is 4.47. The first kappa shape index (κ1) is 15.8. The van der Waals surface area contributed by atoms with Crippen molar-refractivity contribution >= 4 is 5.82 Å². The second-order valence-corrected chi connectivity index (χ2v) is 6.90. The Labute approximate surface area is 135 Å². The first-order valence-electron chi connectivity index (χ1n) is 8.80. The van der Waals surface area contributed by atoms with Crippen LogP contribution in [-0.2, 0) is 0 Å². The van der Waals surface area contributed by atoms with Gasteiger partial charge in [-0.1, -0.05) is 6.92 Å². The van der Waals surface area contributed by atoms with E-state index in [1.54, 1.807) is 0 Å². The second-order valence-electron chi connectivity index (χ2n) is 6.90. The van der Waals surface area contributed by atoms with Crippen molar-refractivity contribution < 1.29 is 0 Å². The highest BCUT2D eigenvalue weighted by atomic mass is 15.2. The van der Waals surface area contributed by atoms with Crippen molar-refractivity contribution in [3.8, 4) is 0 Å². The largest absolute Gasteiger partial charge is 0.363 e. The number of hydrogen-bond acceptors (Lipinski definition) is 4. The van der Waals surface area contributed by atoms with Gasteiger partial charge in [-0.05, 0) is 69.6 Å². The molecule has 4 heteroatoms. The van der Waals surface area contributed by atoms with E-state index in [-0.39, 0.29) is 0 Å². The molecule has 0 bridgehead atoms. The molecule has 2 aliphatic heterocycles. The third kappa shape index (κ3) is 3.28. The number of aromatic nitrogens is 1. The van der Waals surface area contributed by atoms with Gasteiger partial charge in [0.1, 0.15) is 5.82 Å². The van der Waals surface area contributed by atoms with Crippen molar-refractivity contribution in [2.24, 2.45) is 0 Å². The Morgan fingerprint density at radius 3 is 2.64 bits per heavy atom. The lowest BCUT2D eigenvalue weighted by molar-refractivity contribution is 0.101. The van der Waals surface area contributed by atoms with Gasteiger partial charge in [0, 0.05) is 32.4 Å². The molecule has 0 unspecified atom stereocenters. The van der Waals surface area contributed by atoms with Crippen LogP contribution >= 0.6 is 0 Å². The summed E-state index contributed by atoms with van der Waals surface area (Å²) in [5.74, 6) is 1.07. The van der Waals surface area contributed by atoms with Gasteiger partial charge in [-0.2, -0.15) is 0 Å². The Hall–Kier alpha value is -1.13. The van der Waals surface area contributed by atoms with Gasteiger partial charge in [0.05, 0.1) is 0 Å². The molecule has 0 spiro atoms. The highest BCUT2D eigenvalue weighted by Gasteiger charge is 2.33. The summed E-state index contributed by atoms with van der Waals surface area (Å²) in [5.41, 5.74) is 1.45. The summed E-state index contributed by atoms with van der Waals surface area (Å²) in [7, 11) is 4.14. The van der Waals surface area contributed by atoms with Crippen LogP contribution in [0.3, 0.4) is 0 Å². The van der Waals surface area contributed by atoms with Gasteiger partial charge in [-0.3, -0.25) is 4.90 Å². The SMILES string of the molecule is CCN1CCC(N2CCC[C@@H]2c2ccnc(N(C)C)c2)CC1. The molecule has 0 saturated carbocycles. The van der Waals surface area contributed by atoms with Gasteiger partial charge in [0.2, 0.25) is 0 Å². The number of rotatable bonds is 4. The molecule has 0 aromatic carbocycles. The summed E-state index contributed by atoms with van der Waals surface area (Å²) in [6, 6.07) is 5.87. The van der Waals surface area contributed by atoms with E-state index >= 15 is 0 Å². The van der Waals surface area contributed by atoms with Crippen molar-refractivity contribution in [3.63, 3.8) is 0 Å². The molecule has 0 N–H and O–H groups in total. The molecule has 0 amide bonds. The smallest absolute Gasteiger partial charge is 0.128 e. The van der Waals surface area contributed by atoms with E-state index in [1.807, 2.05) is 6.20 Å². The maximum Gasteiger partial charge on any atom is 0.128 e. The average Bonchev–Trinajstić information content (AvgIpc) is 3.04. The van der Waals surface area contributed by atoms with Crippen LogP contribution in [-0.4, -0.2) is 61.1 Å². The lowest BCUT2D eigenvalue weighted by Crippen LogP contribution is -2.44. The Kier molecular flexibility index (Phi) is 4.99. The Morgan fingerprint density at radius 1 is 1.18 bits per heavy atom. The minimum atomic E-state index is 0.597. The third-order valence-electron chi connectivity index (χ3n) is 5.38. The van der Waals surface area contributed by atoms with Gasteiger partial charge < -0.3 is 9.80 Å². The van der Waals surface area contributed by atoms with Crippen LogP contribution in [0.1, 0.15) is 44.2 Å². The fraction of sp³-hybridized carbons (Fsp3) is 0.722. The second kappa shape index (κ2) is 6.97. The highest BCUT2D eigenvalue weighted by molar-refractivity contribution is 5.40. The van der Waals surface area contributed by atoms with Gasteiger partial charge in [0.15, 0.2) is 0 Å². The summed E-state index contributed by atoms with van der Waals surface area (Å²) in [6.45, 7) is 7.28. The van der Waals surface area contributed by atoms with Crippen LogP contribution in [0, 0.1) is 0 Å². The Balaban J connectivity index is 1.72. The van der Waals surface area contributed by atoms with Crippen LogP contribution in [0.15, 0.2) is 18.3 Å². The molecule has 1 atom stereocenters. The van der Waals surface area contributed by atoms with Crippen LogP contribution in [0.5, 0.6) is 0 Å². The van der Waals surface area contributed by atoms with Crippen molar-refractivity contribution in [1.82, 2.24) is 14.8 Å². The number of anilines is 1. The number of likely N-dealkylation sites (tertiary alicyclic amines) is 2. The van der Waals surface area contributed by atoms with E-state index in [2.05, 4.69) is 52.8 Å². The molecule has 2 fully saturated rings. The molecule has 1 aromatic heterocycles.